The van der Waals surface area contributed by atoms with Crippen molar-refractivity contribution >= 4 is 17.7 Å². The molecule has 1 fully saturated rings. The van der Waals surface area contributed by atoms with Gasteiger partial charge in [-0.3, -0.25) is 4.79 Å². The Morgan fingerprint density at radius 2 is 2.11 bits per heavy atom. The fourth-order valence-electron chi connectivity index (χ4n) is 2.38. The van der Waals surface area contributed by atoms with E-state index in [1.165, 1.54) is 19.3 Å². The van der Waals surface area contributed by atoms with Gasteiger partial charge in [-0.15, -0.1) is 0 Å². The molecular weight excluding hydrogens is 246 g/mol. The summed E-state index contributed by atoms with van der Waals surface area (Å²) in [6, 6.07) is -0.447. The molecule has 0 radical (unpaired) electrons. The van der Waals surface area contributed by atoms with Crippen molar-refractivity contribution in [1.82, 2.24) is 0 Å². The van der Waals surface area contributed by atoms with E-state index in [9.17, 15) is 4.79 Å². The first kappa shape index (κ1) is 15.8. The van der Waals surface area contributed by atoms with Crippen LogP contribution in [0.1, 0.15) is 46.5 Å². The van der Waals surface area contributed by atoms with Crippen LogP contribution in [0.5, 0.6) is 0 Å². The summed E-state index contributed by atoms with van der Waals surface area (Å²) in [6.45, 7) is 6.92. The Bertz CT molecular complexity index is 260. The third-order valence-electron chi connectivity index (χ3n) is 3.92. The summed E-state index contributed by atoms with van der Waals surface area (Å²) < 4.78 is 4.90. The Morgan fingerprint density at radius 1 is 1.39 bits per heavy atom. The first-order valence-electron chi connectivity index (χ1n) is 7.08. The lowest BCUT2D eigenvalue weighted by Crippen LogP contribution is -2.33. The molecule has 0 aromatic heterocycles. The number of hydrogen-bond acceptors (Lipinski definition) is 4. The fourth-order valence-corrected chi connectivity index (χ4v) is 3.84. The van der Waals surface area contributed by atoms with E-state index in [1.54, 1.807) is 0 Å². The molecule has 0 aromatic carbocycles. The lowest BCUT2D eigenvalue weighted by Gasteiger charge is -2.31. The van der Waals surface area contributed by atoms with Crippen LogP contribution < -0.4 is 5.73 Å². The van der Waals surface area contributed by atoms with Gasteiger partial charge >= 0.3 is 5.97 Å². The predicted octanol–water partition coefficient (Wildman–Crippen LogP) is 2.82. The summed E-state index contributed by atoms with van der Waals surface area (Å²) in [4.78, 5) is 11.4. The topological polar surface area (TPSA) is 52.3 Å². The van der Waals surface area contributed by atoms with Crippen LogP contribution in [0.25, 0.3) is 0 Å². The van der Waals surface area contributed by atoms with Crippen LogP contribution in [0, 0.1) is 11.8 Å². The molecule has 1 aliphatic rings. The summed E-state index contributed by atoms with van der Waals surface area (Å²) in [5, 5.41) is 0.755. The summed E-state index contributed by atoms with van der Waals surface area (Å²) in [7, 11) is 0. The van der Waals surface area contributed by atoms with Gasteiger partial charge in [-0.1, -0.05) is 13.8 Å². The van der Waals surface area contributed by atoms with Gasteiger partial charge in [0.2, 0.25) is 0 Å². The van der Waals surface area contributed by atoms with E-state index in [0.29, 0.717) is 6.61 Å². The SMILES string of the molecule is CCOC(=O)C(N)CCSC1CCC(C)C(C)C1. The first-order chi connectivity index (χ1) is 8.54. The minimum Gasteiger partial charge on any atom is -0.465 e. The van der Waals surface area contributed by atoms with Crippen molar-refractivity contribution in [2.75, 3.05) is 12.4 Å². The van der Waals surface area contributed by atoms with Crippen LogP contribution in [0.2, 0.25) is 0 Å². The van der Waals surface area contributed by atoms with Gasteiger partial charge < -0.3 is 10.5 Å². The number of rotatable bonds is 6. The van der Waals surface area contributed by atoms with Gasteiger partial charge in [0.1, 0.15) is 6.04 Å². The number of hydrogen-bond donors (Lipinski definition) is 1. The van der Waals surface area contributed by atoms with E-state index in [4.69, 9.17) is 10.5 Å². The molecule has 0 aliphatic heterocycles. The quantitative estimate of drug-likeness (QED) is 0.756. The molecule has 18 heavy (non-hydrogen) atoms. The molecule has 0 spiro atoms. The highest BCUT2D eigenvalue weighted by atomic mass is 32.2. The van der Waals surface area contributed by atoms with Gasteiger partial charge in [-0.25, -0.2) is 0 Å². The van der Waals surface area contributed by atoms with Crippen LogP contribution in [0.3, 0.4) is 0 Å². The van der Waals surface area contributed by atoms with Gasteiger partial charge in [-0.05, 0) is 50.2 Å². The Labute approximate surface area is 115 Å². The van der Waals surface area contributed by atoms with Crippen LogP contribution in [0.4, 0.5) is 0 Å². The minimum atomic E-state index is -0.447. The molecule has 0 aromatic rings. The smallest absolute Gasteiger partial charge is 0.322 e. The highest BCUT2D eigenvalue weighted by molar-refractivity contribution is 7.99. The summed E-state index contributed by atoms with van der Waals surface area (Å²) >= 11 is 1.98. The van der Waals surface area contributed by atoms with Gasteiger partial charge in [-0.2, -0.15) is 11.8 Å². The average molecular weight is 273 g/mol. The zero-order valence-electron chi connectivity index (χ0n) is 11.9. The Kier molecular flexibility index (Phi) is 7.08. The highest BCUT2D eigenvalue weighted by Crippen LogP contribution is 2.35. The van der Waals surface area contributed by atoms with E-state index in [2.05, 4.69) is 13.8 Å². The van der Waals surface area contributed by atoms with Crippen LogP contribution in [0.15, 0.2) is 0 Å². The fraction of sp³-hybridized carbons (Fsp3) is 0.929. The first-order valence-corrected chi connectivity index (χ1v) is 8.13. The van der Waals surface area contributed by atoms with Gasteiger partial charge in [0, 0.05) is 5.25 Å². The molecule has 3 nitrogen and oxygen atoms in total. The summed E-state index contributed by atoms with van der Waals surface area (Å²) in [5.74, 6) is 2.40. The maximum atomic E-state index is 11.4. The maximum Gasteiger partial charge on any atom is 0.322 e. The molecule has 4 atom stereocenters. The zero-order chi connectivity index (χ0) is 13.5. The van der Waals surface area contributed by atoms with Gasteiger partial charge in [0.15, 0.2) is 0 Å². The lowest BCUT2D eigenvalue weighted by atomic mass is 9.81. The van der Waals surface area contributed by atoms with E-state index in [0.717, 1.165) is 29.3 Å². The third kappa shape index (κ3) is 5.19. The third-order valence-corrected chi connectivity index (χ3v) is 5.29. The van der Waals surface area contributed by atoms with Crippen molar-refractivity contribution in [3.05, 3.63) is 0 Å². The lowest BCUT2D eigenvalue weighted by molar-refractivity contribution is -0.144. The number of nitrogens with two attached hydrogens (primary N) is 1. The number of carbonyl (C=O) groups is 1. The Balaban J connectivity index is 2.16. The average Bonchev–Trinajstić information content (AvgIpc) is 2.34. The molecule has 106 valence electrons. The molecule has 0 saturated heterocycles. The number of esters is 1. The summed E-state index contributed by atoms with van der Waals surface area (Å²) in [6.07, 6.45) is 4.68. The normalized spacial score (nSPS) is 29.9. The van der Waals surface area contributed by atoms with Crippen molar-refractivity contribution < 1.29 is 9.53 Å². The Hall–Kier alpha value is -0.220. The summed E-state index contributed by atoms with van der Waals surface area (Å²) in [5.41, 5.74) is 5.78. The van der Waals surface area contributed by atoms with Crippen LogP contribution in [-0.4, -0.2) is 29.6 Å². The molecular formula is C14H27NO2S. The molecule has 0 bridgehead atoms. The van der Waals surface area contributed by atoms with Crippen molar-refractivity contribution in [3.8, 4) is 0 Å². The van der Waals surface area contributed by atoms with E-state index in [-0.39, 0.29) is 5.97 Å². The number of ether oxygens (including phenoxy) is 1. The second kappa shape index (κ2) is 8.05. The van der Waals surface area contributed by atoms with Crippen LogP contribution in [-0.2, 0) is 9.53 Å². The Morgan fingerprint density at radius 3 is 2.72 bits per heavy atom. The van der Waals surface area contributed by atoms with Gasteiger partial charge in [0.25, 0.3) is 0 Å². The molecule has 1 rings (SSSR count). The minimum absolute atomic E-state index is 0.260. The highest BCUT2D eigenvalue weighted by Gasteiger charge is 2.25. The second-order valence-corrected chi connectivity index (χ2v) is 6.82. The molecule has 4 unspecified atom stereocenters. The second-order valence-electron chi connectivity index (χ2n) is 5.41. The molecule has 1 saturated carbocycles. The molecule has 0 heterocycles. The van der Waals surface area contributed by atoms with Crippen molar-refractivity contribution in [3.63, 3.8) is 0 Å². The molecule has 1 aliphatic carbocycles. The van der Waals surface area contributed by atoms with E-state index >= 15 is 0 Å². The molecule has 0 amide bonds. The monoisotopic (exact) mass is 273 g/mol. The maximum absolute atomic E-state index is 11.4. The zero-order valence-corrected chi connectivity index (χ0v) is 12.7. The van der Waals surface area contributed by atoms with Crippen molar-refractivity contribution in [2.45, 2.75) is 57.7 Å². The molecule has 2 N–H and O–H groups in total. The molecule has 4 heteroatoms. The van der Waals surface area contributed by atoms with Crippen LogP contribution >= 0.6 is 11.8 Å². The number of carbonyl (C=O) groups excluding carboxylic acids is 1. The standard InChI is InChI=1S/C14H27NO2S/c1-4-17-14(16)13(15)7-8-18-12-6-5-10(2)11(3)9-12/h10-13H,4-9,15H2,1-3H3. The predicted molar refractivity (Wildman–Crippen MR) is 77.7 cm³/mol. The van der Waals surface area contributed by atoms with E-state index < -0.39 is 6.04 Å². The van der Waals surface area contributed by atoms with Gasteiger partial charge in [0.05, 0.1) is 6.61 Å². The largest absolute Gasteiger partial charge is 0.465 e. The van der Waals surface area contributed by atoms with E-state index in [1.807, 2.05) is 18.7 Å². The van der Waals surface area contributed by atoms with Crippen molar-refractivity contribution in [2.24, 2.45) is 17.6 Å². The number of thioether (sulfide) groups is 1. The van der Waals surface area contributed by atoms with Crippen molar-refractivity contribution in [1.29, 1.82) is 0 Å².